The quantitative estimate of drug-likeness (QED) is 0.674. The summed E-state index contributed by atoms with van der Waals surface area (Å²) in [5.74, 6) is -0.0794. The van der Waals surface area contributed by atoms with Gasteiger partial charge in [0.25, 0.3) is 0 Å². The number of anilines is 1. The molecule has 0 atom stereocenters. The molecule has 0 fully saturated rings. The second-order valence-corrected chi connectivity index (χ2v) is 5.92. The van der Waals surface area contributed by atoms with Crippen molar-refractivity contribution in [2.24, 2.45) is 0 Å². The number of nitrogens with zero attached hydrogens (tertiary/aromatic N) is 1. The molecule has 4 nitrogen and oxygen atoms in total. The average Bonchev–Trinajstić information content (AvgIpc) is 2.61. The molecule has 0 unspecified atom stereocenters. The molecule has 0 bridgehead atoms. The first-order chi connectivity index (χ1) is 11.7. The van der Waals surface area contributed by atoms with E-state index in [2.05, 4.69) is 15.6 Å². The summed E-state index contributed by atoms with van der Waals surface area (Å²) in [6.45, 7) is 0.986. The molecule has 2 aromatic carbocycles. The monoisotopic (exact) mass is 339 g/mol. The van der Waals surface area contributed by atoms with Crippen molar-refractivity contribution in [1.82, 2.24) is 10.3 Å². The largest absolute Gasteiger partial charge is 0.323 e. The lowest BCUT2D eigenvalue weighted by molar-refractivity contribution is -0.115. The van der Waals surface area contributed by atoms with Crippen LogP contribution in [0.2, 0.25) is 5.02 Å². The molecule has 0 spiro atoms. The molecule has 5 heteroatoms. The van der Waals surface area contributed by atoms with E-state index in [4.69, 9.17) is 11.6 Å². The molecule has 0 saturated heterocycles. The molecule has 0 aliphatic rings. The number of nitrogens with one attached hydrogen (secondary N) is 2. The van der Waals surface area contributed by atoms with Gasteiger partial charge in [0.15, 0.2) is 0 Å². The molecule has 1 amide bonds. The number of benzene rings is 2. The number of fused-ring (bicyclic) bond motifs is 1. The van der Waals surface area contributed by atoms with Gasteiger partial charge in [-0.25, -0.2) is 0 Å². The van der Waals surface area contributed by atoms with Gasteiger partial charge in [-0.3, -0.25) is 9.78 Å². The zero-order chi connectivity index (χ0) is 16.8. The van der Waals surface area contributed by atoms with E-state index in [1.165, 1.54) is 5.56 Å². The van der Waals surface area contributed by atoms with Crippen LogP contribution in [0.15, 0.2) is 60.8 Å². The highest BCUT2D eigenvalue weighted by molar-refractivity contribution is 6.30. The maximum Gasteiger partial charge on any atom is 0.238 e. The molecule has 0 aliphatic carbocycles. The van der Waals surface area contributed by atoms with Crippen LogP contribution < -0.4 is 10.6 Å². The van der Waals surface area contributed by atoms with Crippen LogP contribution in [-0.4, -0.2) is 24.0 Å². The fraction of sp³-hybridized carbons (Fsp3) is 0.158. The van der Waals surface area contributed by atoms with E-state index in [0.717, 1.165) is 34.6 Å². The first-order valence-electron chi connectivity index (χ1n) is 7.81. The lowest BCUT2D eigenvalue weighted by atomic mass is 10.1. The minimum atomic E-state index is -0.0794. The van der Waals surface area contributed by atoms with Gasteiger partial charge in [-0.15, -0.1) is 0 Å². The van der Waals surface area contributed by atoms with E-state index in [9.17, 15) is 4.79 Å². The first kappa shape index (κ1) is 16.4. The van der Waals surface area contributed by atoms with E-state index in [-0.39, 0.29) is 12.5 Å². The number of carbonyl (C=O) groups excluding carboxylic acids is 1. The molecule has 3 rings (SSSR count). The fourth-order valence-corrected chi connectivity index (χ4v) is 2.61. The van der Waals surface area contributed by atoms with Gasteiger partial charge in [0, 0.05) is 16.6 Å². The average molecular weight is 340 g/mol. The van der Waals surface area contributed by atoms with Crippen molar-refractivity contribution < 1.29 is 4.79 Å². The SMILES string of the molecule is O=C(CNCCc1ccc(Cl)cc1)Nc1cccc2cccnc12. The maximum atomic E-state index is 12.1. The second-order valence-electron chi connectivity index (χ2n) is 5.48. The molecule has 0 aliphatic heterocycles. The topological polar surface area (TPSA) is 54.0 Å². The number of aromatic nitrogens is 1. The molecule has 1 heterocycles. The van der Waals surface area contributed by atoms with Crippen LogP contribution in [0.1, 0.15) is 5.56 Å². The predicted molar refractivity (Wildman–Crippen MR) is 98.4 cm³/mol. The normalized spacial score (nSPS) is 10.7. The van der Waals surface area contributed by atoms with Gasteiger partial charge in [-0.1, -0.05) is 41.9 Å². The summed E-state index contributed by atoms with van der Waals surface area (Å²) in [5, 5.41) is 7.80. The first-order valence-corrected chi connectivity index (χ1v) is 8.19. The third-order valence-electron chi connectivity index (χ3n) is 3.70. The van der Waals surface area contributed by atoms with Crippen molar-refractivity contribution in [1.29, 1.82) is 0 Å². The number of para-hydroxylation sites is 1. The molecule has 122 valence electrons. The van der Waals surface area contributed by atoms with Crippen molar-refractivity contribution in [3.8, 4) is 0 Å². The van der Waals surface area contributed by atoms with Crippen LogP contribution in [0.4, 0.5) is 5.69 Å². The molecule has 24 heavy (non-hydrogen) atoms. The molecule has 1 aromatic heterocycles. The Balaban J connectivity index is 1.49. The van der Waals surface area contributed by atoms with Gasteiger partial charge >= 0.3 is 0 Å². The van der Waals surface area contributed by atoms with Crippen LogP contribution in [-0.2, 0) is 11.2 Å². The summed E-state index contributed by atoms with van der Waals surface area (Å²) in [7, 11) is 0. The Morgan fingerprint density at radius 3 is 2.67 bits per heavy atom. The van der Waals surface area contributed by atoms with Gasteiger partial charge < -0.3 is 10.6 Å². The molecule has 0 radical (unpaired) electrons. The summed E-state index contributed by atoms with van der Waals surface area (Å²) in [5.41, 5.74) is 2.72. The molecular weight excluding hydrogens is 322 g/mol. The van der Waals surface area contributed by atoms with E-state index in [1.54, 1.807) is 6.20 Å². The molecular formula is C19H18ClN3O. The standard InChI is InChI=1S/C19H18ClN3O/c20-16-8-6-14(7-9-16)10-12-21-13-18(24)23-17-5-1-3-15-4-2-11-22-19(15)17/h1-9,11,21H,10,12-13H2,(H,23,24). The van der Waals surface area contributed by atoms with Crippen LogP contribution in [0, 0.1) is 0 Å². The summed E-state index contributed by atoms with van der Waals surface area (Å²) >= 11 is 5.86. The fourth-order valence-electron chi connectivity index (χ4n) is 2.49. The van der Waals surface area contributed by atoms with Gasteiger partial charge in [-0.05, 0) is 42.8 Å². The van der Waals surface area contributed by atoms with Crippen LogP contribution >= 0.6 is 11.6 Å². The minimum Gasteiger partial charge on any atom is -0.323 e. The number of amides is 1. The number of hydrogen-bond acceptors (Lipinski definition) is 3. The molecule has 0 saturated carbocycles. The highest BCUT2D eigenvalue weighted by Gasteiger charge is 2.06. The third-order valence-corrected chi connectivity index (χ3v) is 3.95. The Labute approximate surface area is 145 Å². The summed E-state index contributed by atoms with van der Waals surface area (Å²) < 4.78 is 0. The lowest BCUT2D eigenvalue weighted by Crippen LogP contribution is -2.29. The van der Waals surface area contributed by atoms with Gasteiger partial charge in [0.1, 0.15) is 0 Å². The van der Waals surface area contributed by atoms with Crippen molar-refractivity contribution >= 4 is 34.1 Å². The number of pyridine rings is 1. The number of carbonyl (C=O) groups is 1. The van der Waals surface area contributed by atoms with E-state index >= 15 is 0 Å². The van der Waals surface area contributed by atoms with Crippen LogP contribution in [0.3, 0.4) is 0 Å². The van der Waals surface area contributed by atoms with Crippen LogP contribution in [0.25, 0.3) is 10.9 Å². The highest BCUT2D eigenvalue weighted by atomic mass is 35.5. The summed E-state index contributed by atoms with van der Waals surface area (Å²) in [6, 6.07) is 17.3. The van der Waals surface area contributed by atoms with Crippen molar-refractivity contribution in [2.45, 2.75) is 6.42 Å². The highest BCUT2D eigenvalue weighted by Crippen LogP contribution is 2.20. The minimum absolute atomic E-state index is 0.0794. The number of hydrogen-bond donors (Lipinski definition) is 2. The second kappa shape index (κ2) is 7.90. The van der Waals surface area contributed by atoms with Crippen molar-refractivity contribution in [3.63, 3.8) is 0 Å². The van der Waals surface area contributed by atoms with E-state index in [0.29, 0.717) is 0 Å². The summed E-state index contributed by atoms with van der Waals surface area (Å²) in [4.78, 5) is 16.4. The Bertz CT molecular complexity index is 828. The van der Waals surface area contributed by atoms with Crippen molar-refractivity contribution in [2.75, 3.05) is 18.4 Å². The van der Waals surface area contributed by atoms with Crippen molar-refractivity contribution in [3.05, 3.63) is 71.4 Å². The Morgan fingerprint density at radius 1 is 1.04 bits per heavy atom. The number of rotatable bonds is 6. The smallest absolute Gasteiger partial charge is 0.238 e. The van der Waals surface area contributed by atoms with Crippen LogP contribution in [0.5, 0.6) is 0 Å². The lowest BCUT2D eigenvalue weighted by Gasteiger charge is -2.09. The van der Waals surface area contributed by atoms with Gasteiger partial charge in [-0.2, -0.15) is 0 Å². The Hall–Kier alpha value is -2.43. The Kier molecular flexibility index (Phi) is 5.41. The maximum absolute atomic E-state index is 12.1. The van der Waals surface area contributed by atoms with Gasteiger partial charge in [0.05, 0.1) is 17.7 Å². The third kappa shape index (κ3) is 4.31. The molecule has 3 aromatic rings. The Morgan fingerprint density at radius 2 is 1.83 bits per heavy atom. The zero-order valence-corrected chi connectivity index (χ0v) is 13.9. The predicted octanol–water partition coefficient (Wildman–Crippen LogP) is 3.66. The zero-order valence-electron chi connectivity index (χ0n) is 13.1. The number of halogens is 1. The summed E-state index contributed by atoms with van der Waals surface area (Å²) in [6.07, 6.45) is 2.57. The van der Waals surface area contributed by atoms with Gasteiger partial charge in [0.2, 0.25) is 5.91 Å². The van der Waals surface area contributed by atoms with E-state index < -0.39 is 0 Å². The molecule has 2 N–H and O–H groups in total. The van der Waals surface area contributed by atoms with E-state index in [1.807, 2.05) is 54.6 Å².